The van der Waals surface area contributed by atoms with Gasteiger partial charge in [-0.1, -0.05) is 0 Å². The molecule has 1 heterocycles. The van der Waals surface area contributed by atoms with E-state index in [2.05, 4.69) is 15.3 Å². The number of rotatable bonds is 4. The van der Waals surface area contributed by atoms with Gasteiger partial charge in [0.05, 0.1) is 7.11 Å². The Bertz CT molecular complexity index is 406. The zero-order chi connectivity index (χ0) is 13.0. The number of nitrogens with one attached hydrogen (secondary N) is 1. The average Bonchev–Trinajstić information content (AvgIpc) is 2.26. The predicted octanol–water partition coefficient (Wildman–Crippen LogP) is 0.682. The van der Waals surface area contributed by atoms with Crippen molar-refractivity contribution in [2.24, 2.45) is 0 Å². The average molecular weight is 238 g/mol. The number of carbonyl (C=O) groups is 1. The molecular weight excluding hydrogens is 220 g/mol. The van der Waals surface area contributed by atoms with E-state index in [4.69, 9.17) is 4.74 Å². The van der Waals surface area contributed by atoms with Gasteiger partial charge in [-0.15, -0.1) is 0 Å². The zero-order valence-electron chi connectivity index (χ0n) is 10.8. The van der Waals surface area contributed by atoms with E-state index in [1.165, 1.54) is 4.90 Å². The number of hydrogen-bond donors (Lipinski definition) is 1. The van der Waals surface area contributed by atoms with E-state index in [-0.39, 0.29) is 11.9 Å². The molecule has 0 bridgehead atoms. The van der Waals surface area contributed by atoms with Crippen LogP contribution in [0.2, 0.25) is 0 Å². The lowest BCUT2D eigenvalue weighted by Gasteiger charge is -2.18. The van der Waals surface area contributed by atoms with Gasteiger partial charge in [-0.25, -0.2) is 4.98 Å². The van der Waals surface area contributed by atoms with Gasteiger partial charge in [0.2, 0.25) is 11.8 Å². The number of aromatic nitrogens is 2. The molecule has 0 aliphatic carbocycles. The molecule has 1 aromatic heterocycles. The molecule has 0 aliphatic heterocycles. The summed E-state index contributed by atoms with van der Waals surface area (Å²) in [5.41, 5.74) is 0. The van der Waals surface area contributed by atoms with E-state index in [0.29, 0.717) is 17.5 Å². The van der Waals surface area contributed by atoms with Crippen LogP contribution in [0.1, 0.15) is 12.7 Å². The van der Waals surface area contributed by atoms with Crippen molar-refractivity contribution in [3.8, 4) is 5.88 Å². The topological polar surface area (TPSA) is 67.3 Å². The summed E-state index contributed by atoms with van der Waals surface area (Å²) in [6.07, 6.45) is 0. The largest absolute Gasteiger partial charge is 0.481 e. The number of carbonyl (C=O) groups excluding carboxylic acids is 1. The molecule has 1 aromatic rings. The van der Waals surface area contributed by atoms with Crippen molar-refractivity contribution >= 4 is 11.7 Å². The highest BCUT2D eigenvalue weighted by atomic mass is 16.5. The maximum atomic E-state index is 11.7. The van der Waals surface area contributed by atoms with Gasteiger partial charge < -0.3 is 15.0 Å². The Morgan fingerprint density at radius 3 is 2.65 bits per heavy atom. The van der Waals surface area contributed by atoms with Gasteiger partial charge in [-0.2, -0.15) is 4.98 Å². The third-order valence-electron chi connectivity index (χ3n) is 2.20. The SMILES string of the molecule is COc1cc(NC(C)C(=O)N(C)C)nc(C)n1. The Hall–Kier alpha value is -1.85. The summed E-state index contributed by atoms with van der Waals surface area (Å²) in [5, 5.41) is 3.02. The molecule has 0 saturated heterocycles. The molecule has 0 saturated carbocycles. The molecule has 0 radical (unpaired) electrons. The summed E-state index contributed by atoms with van der Waals surface area (Å²) >= 11 is 0. The summed E-state index contributed by atoms with van der Waals surface area (Å²) in [4.78, 5) is 21.5. The first-order chi connectivity index (χ1) is 7.93. The number of likely N-dealkylation sites (N-methyl/N-ethyl adjacent to an activating group) is 1. The molecule has 0 fully saturated rings. The highest BCUT2D eigenvalue weighted by Gasteiger charge is 2.15. The minimum absolute atomic E-state index is 0.0137. The second-order valence-electron chi connectivity index (χ2n) is 3.94. The van der Waals surface area contributed by atoms with Crippen LogP contribution < -0.4 is 10.1 Å². The third-order valence-corrected chi connectivity index (χ3v) is 2.20. The van der Waals surface area contributed by atoms with Gasteiger partial charge in [0, 0.05) is 20.2 Å². The van der Waals surface area contributed by atoms with Crippen LogP contribution >= 0.6 is 0 Å². The molecule has 6 heteroatoms. The normalized spacial score (nSPS) is 11.8. The fourth-order valence-corrected chi connectivity index (χ4v) is 1.39. The molecule has 0 aromatic carbocycles. The lowest BCUT2D eigenvalue weighted by molar-refractivity contribution is -0.129. The highest BCUT2D eigenvalue weighted by molar-refractivity contribution is 5.83. The molecule has 1 N–H and O–H groups in total. The van der Waals surface area contributed by atoms with Crippen LogP contribution in [0.4, 0.5) is 5.82 Å². The van der Waals surface area contributed by atoms with E-state index in [1.807, 2.05) is 0 Å². The van der Waals surface area contributed by atoms with E-state index in [1.54, 1.807) is 41.1 Å². The Kier molecular flexibility index (Phi) is 4.25. The number of methoxy groups -OCH3 is 1. The van der Waals surface area contributed by atoms with Crippen molar-refractivity contribution in [2.45, 2.75) is 19.9 Å². The van der Waals surface area contributed by atoms with Gasteiger partial charge >= 0.3 is 0 Å². The first-order valence-electron chi connectivity index (χ1n) is 5.31. The molecular formula is C11H18N4O2. The molecule has 1 unspecified atom stereocenters. The van der Waals surface area contributed by atoms with Crippen molar-refractivity contribution in [2.75, 3.05) is 26.5 Å². The minimum Gasteiger partial charge on any atom is -0.481 e. The summed E-state index contributed by atoms with van der Waals surface area (Å²) in [5.74, 6) is 1.64. The fraction of sp³-hybridized carbons (Fsp3) is 0.545. The van der Waals surface area contributed by atoms with Crippen LogP contribution in [0.25, 0.3) is 0 Å². The number of ether oxygens (including phenoxy) is 1. The standard InChI is InChI=1S/C11H18N4O2/c1-7(11(16)15(3)4)12-9-6-10(17-5)14-8(2)13-9/h6-7H,1-5H3,(H,12,13,14). The fourth-order valence-electron chi connectivity index (χ4n) is 1.39. The van der Waals surface area contributed by atoms with Crippen LogP contribution in [0, 0.1) is 6.92 Å². The van der Waals surface area contributed by atoms with Crippen LogP contribution in [0.15, 0.2) is 6.07 Å². The van der Waals surface area contributed by atoms with Crippen LogP contribution in [-0.2, 0) is 4.79 Å². The lowest BCUT2D eigenvalue weighted by atomic mass is 10.3. The van der Waals surface area contributed by atoms with Crippen LogP contribution in [-0.4, -0.2) is 48.0 Å². The smallest absolute Gasteiger partial charge is 0.244 e. The maximum absolute atomic E-state index is 11.7. The van der Waals surface area contributed by atoms with E-state index in [0.717, 1.165) is 0 Å². The van der Waals surface area contributed by atoms with Gasteiger partial charge in [0.1, 0.15) is 17.7 Å². The first kappa shape index (κ1) is 13.2. The van der Waals surface area contributed by atoms with Crippen molar-refractivity contribution in [1.29, 1.82) is 0 Å². The van der Waals surface area contributed by atoms with Crippen molar-refractivity contribution in [3.63, 3.8) is 0 Å². The molecule has 1 amide bonds. The quantitative estimate of drug-likeness (QED) is 0.835. The summed E-state index contributed by atoms with van der Waals surface area (Å²) in [6, 6.07) is 1.32. The van der Waals surface area contributed by atoms with Gasteiger partial charge in [-0.05, 0) is 13.8 Å². The second kappa shape index (κ2) is 5.47. The number of amides is 1. The van der Waals surface area contributed by atoms with Crippen LogP contribution in [0.3, 0.4) is 0 Å². The summed E-state index contributed by atoms with van der Waals surface area (Å²) in [7, 11) is 4.97. The Morgan fingerprint density at radius 1 is 1.47 bits per heavy atom. The number of aryl methyl sites for hydroxylation is 1. The zero-order valence-corrected chi connectivity index (χ0v) is 10.8. The molecule has 0 spiro atoms. The van der Waals surface area contributed by atoms with Gasteiger partial charge in [-0.3, -0.25) is 4.79 Å². The highest BCUT2D eigenvalue weighted by Crippen LogP contribution is 2.13. The molecule has 17 heavy (non-hydrogen) atoms. The number of hydrogen-bond acceptors (Lipinski definition) is 5. The monoisotopic (exact) mass is 238 g/mol. The van der Waals surface area contributed by atoms with Crippen molar-refractivity contribution in [1.82, 2.24) is 14.9 Å². The van der Waals surface area contributed by atoms with Crippen molar-refractivity contribution < 1.29 is 9.53 Å². The second-order valence-corrected chi connectivity index (χ2v) is 3.94. The Balaban J connectivity index is 2.81. The van der Waals surface area contributed by atoms with Gasteiger partial charge in [0.25, 0.3) is 0 Å². The maximum Gasteiger partial charge on any atom is 0.244 e. The van der Waals surface area contributed by atoms with E-state index >= 15 is 0 Å². The number of anilines is 1. The molecule has 6 nitrogen and oxygen atoms in total. The van der Waals surface area contributed by atoms with Crippen LogP contribution in [0.5, 0.6) is 5.88 Å². The predicted molar refractivity (Wildman–Crippen MR) is 65.1 cm³/mol. The summed E-state index contributed by atoms with van der Waals surface area (Å²) in [6.45, 7) is 3.55. The van der Waals surface area contributed by atoms with Crippen molar-refractivity contribution in [3.05, 3.63) is 11.9 Å². The Labute approximate surface area is 101 Å². The summed E-state index contributed by atoms with van der Waals surface area (Å²) < 4.78 is 5.04. The van der Waals surface area contributed by atoms with E-state index in [9.17, 15) is 4.79 Å². The molecule has 1 rings (SSSR count). The Morgan fingerprint density at radius 2 is 2.12 bits per heavy atom. The molecule has 94 valence electrons. The molecule has 1 atom stereocenters. The molecule has 0 aliphatic rings. The number of nitrogens with zero attached hydrogens (tertiary/aromatic N) is 3. The minimum atomic E-state index is -0.344. The van der Waals surface area contributed by atoms with E-state index < -0.39 is 0 Å². The third kappa shape index (κ3) is 3.58. The lowest BCUT2D eigenvalue weighted by Crippen LogP contribution is -2.36. The first-order valence-corrected chi connectivity index (χ1v) is 5.31. The van der Waals surface area contributed by atoms with Gasteiger partial charge in [0.15, 0.2) is 0 Å².